The highest BCUT2D eigenvalue weighted by Gasteiger charge is 2.11. The van der Waals surface area contributed by atoms with Crippen LogP contribution in [0.25, 0.3) is 22.4 Å². The summed E-state index contributed by atoms with van der Waals surface area (Å²) in [6.45, 7) is 8.36. The highest BCUT2D eigenvalue weighted by molar-refractivity contribution is 5.99. The van der Waals surface area contributed by atoms with Crippen molar-refractivity contribution in [2.45, 2.75) is 33.1 Å². The van der Waals surface area contributed by atoms with Crippen molar-refractivity contribution in [1.82, 2.24) is 0 Å². The summed E-state index contributed by atoms with van der Waals surface area (Å²) in [4.78, 5) is 0. The Morgan fingerprint density at radius 2 is 1.91 bits per heavy atom. The number of rotatable bonds is 2. The Kier molecular flexibility index (Phi) is 4.62. The lowest BCUT2D eigenvalue weighted by Crippen LogP contribution is -1.97. The molecule has 0 aromatic heterocycles. The number of benzene rings is 2. The Morgan fingerprint density at radius 1 is 1.04 bits per heavy atom. The van der Waals surface area contributed by atoms with Crippen molar-refractivity contribution in [3.8, 4) is 0 Å². The van der Waals surface area contributed by atoms with Gasteiger partial charge in [-0.05, 0) is 66.1 Å². The van der Waals surface area contributed by atoms with Crippen molar-refractivity contribution in [3.63, 3.8) is 0 Å². The van der Waals surface area contributed by atoms with Crippen LogP contribution < -0.4 is 0 Å². The quantitative estimate of drug-likeness (QED) is 0.426. The van der Waals surface area contributed by atoms with Gasteiger partial charge in [0.25, 0.3) is 0 Å². The minimum absolute atomic E-state index is 1.00. The van der Waals surface area contributed by atoms with Gasteiger partial charge in [-0.3, -0.25) is 0 Å². The molecule has 0 spiro atoms. The van der Waals surface area contributed by atoms with Crippen molar-refractivity contribution in [1.29, 1.82) is 0 Å². The number of allylic oxidation sites excluding steroid dienone is 6. The van der Waals surface area contributed by atoms with E-state index in [1.165, 1.54) is 38.6 Å². The normalized spacial score (nSPS) is 15.7. The first-order valence-corrected chi connectivity index (χ1v) is 8.41. The van der Waals surface area contributed by atoms with Crippen molar-refractivity contribution in [3.05, 3.63) is 83.5 Å². The molecule has 23 heavy (non-hydrogen) atoms. The van der Waals surface area contributed by atoms with E-state index in [4.69, 9.17) is 0 Å². The number of fused-ring (bicyclic) bond motifs is 3. The van der Waals surface area contributed by atoms with Crippen molar-refractivity contribution < 1.29 is 0 Å². The molecule has 0 bridgehead atoms. The molecule has 2 aromatic carbocycles. The van der Waals surface area contributed by atoms with Crippen LogP contribution >= 0.6 is 0 Å². The fourth-order valence-electron chi connectivity index (χ4n) is 3.40. The van der Waals surface area contributed by atoms with E-state index >= 15 is 0 Å². The molecule has 1 aliphatic carbocycles. The van der Waals surface area contributed by atoms with Gasteiger partial charge in [0.05, 0.1) is 0 Å². The van der Waals surface area contributed by atoms with E-state index in [1.54, 1.807) is 0 Å². The topological polar surface area (TPSA) is 0 Å². The average molecular weight is 300 g/mol. The van der Waals surface area contributed by atoms with Gasteiger partial charge >= 0.3 is 0 Å². The van der Waals surface area contributed by atoms with E-state index in [9.17, 15) is 0 Å². The fraction of sp³-hybridized carbons (Fsp3) is 0.217. The van der Waals surface area contributed by atoms with Gasteiger partial charge < -0.3 is 0 Å². The van der Waals surface area contributed by atoms with Crippen LogP contribution in [-0.4, -0.2) is 0 Å². The second-order valence-electron chi connectivity index (χ2n) is 6.13. The smallest absolute Gasteiger partial charge is 0.0102 e. The second-order valence-corrected chi connectivity index (χ2v) is 6.13. The van der Waals surface area contributed by atoms with Gasteiger partial charge in [0, 0.05) is 0 Å². The van der Waals surface area contributed by atoms with Crippen molar-refractivity contribution in [2.75, 3.05) is 0 Å². The van der Waals surface area contributed by atoms with Crippen LogP contribution in [0.1, 0.15) is 43.4 Å². The van der Waals surface area contributed by atoms with Gasteiger partial charge in [0.2, 0.25) is 0 Å². The molecule has 0 unspecified atom stereocenters. The molecule has 116 valence electrons. The molecule has 1 aliphatic rings. The maximum absolute atomic E-state index is 4.18. The summed E-state index contributed by atoms with van der Waals surface area (Å²) in [6, 6.07) is 11.2. The van der Waals surface area contributed by atoms with Crippen molar-refractivity contribution >= 4 is 22.4 Å². The van der Waals surface area contributed by atoms with E-state index in [0.29, 0.717) is 0 Å². The van der Waals surface area contributed by atoms with Gasteiger partial charge in [-0.2, -0.15) is 0 Å². The summed E-state index contributed by atoms with van der Waals surface area (Å²) in [5.41, 5.74) is 6.73. The molecule has 2 aromatic rings. The maximum atomic E-state index is 4.18. The van der Waals surface area contributed by atoms with Crippen LogP contribution in [-0.2, 0) is 6.42 Å². The van der Waals surface area contributed by atoms with E-state index < -0.39 is 0 Å². The summed E-state index contributed by atoms with van der Waals surface area (Å²) in [5.74, 6) is 0. The molecular weight excluding hydrogens is 276 g/mol. The third-order valence-corrected chi connectivity index (χ3v) is 4.61. The molecule has 0 atom stereocenters. The van der Waals surface area contributed by atoms with Crippen LogP contribution in [0.15, 0.2) is 66.8 Å². The van der Waals surface area contributed by atoms with E-state index in [0.717, 1.165) is 19.3 Å². The first-order chi connectivity index (χ1) is 11.2. The molecule has 3 rings (SSSR count). The van der Waals surface area contributed by atoms with E-state index in [-0.39, 0.29) is 0 Å². The number of hydrogen-bond acceptors (Lipinski definition) is 0. The molecule has 0 heterocycles. The van der Waals surface area contributed by atoms with Crippen LogP contribution in [0.3, 0.4) is 0 Å². The second kappa shape index (κ2) is 6.83. The fourth-order valence-corrected chi connectivity index (χ4v) is 3.40. The third-order valence-electron chi connectivity index (χ3n) is 4.61. The highest BCUT2D eigenvalue weighted by Crippen LogP contribution is 2.32. The molecular formula is C23H24. The Bertz CT molecular complexity index is 828. The summed E-state index contributed by atoms with van der Waals surface area (Å²) < 4.78 is 0. The third kappa shape index (κ3) is 3.07. The zero-order valence-electron chi connectivity index (χ0n) is 14.1. The number of hydrogen-bond donors (Lipinski definition) is 0. The minimum Gasteiger partial charge on any atom is -0.0995 e. The lowest BCUT2D eigenvalue weighted by Gasteiger charge is -2.16. The number of aryl methyl sites for hydroxylation is 1. The molecule has 0 heteroatoms. The predicted molar refractivity (Wildman–Crippen MR) is 104 cm³/mol. The van der Waals surface area contributed by atoms with Gasteiger partial charge in [-0.1, -0.05) is 72.9 Å². The molecule has 0 fully saturated rings. The van der Waals surface area contributed by atoms with Gasteiger partial charge in [0.15, 0.2) is 0 Å². The Morgan fingerprint density at radius 3 is 2.70 bits per heavy atom. The van der Waals surface area contributed by atoms with Crippen LogP contribution in [0.4, 0.5) is 0 Å². The van der Waals surface area contributed by atoms with Gasteiger partial charge in [-0.25, -0.2) is 0 Å². The minimum atomic E-state index is 1.00. The van der Waals surface area contributed by atoms with E-state index in [2.05, 4.69) is 81.1 Å². The lowest BCUT2D eigenvalue weighted by atomic mass is 9.88. The lowest BCUT2D eigenvalue weighted by molar-refractivity contribution is 0.915. The zero-order chi connectivity index (χ0) is 16.2. The molecule has 0 saturated carbocycles. The molecule has 0 amide bonds. The summed E-state index contributed by atoms with van der Waals surface area (Å²) >= 11 is 0. The molecule has 0 radical (unpaired) electrons. The van der Waals surface area contributed by atoms with Crippen LogP contribution in [0.5, 0.6) is 0 Å². The van der Waals surface area contributed by atoms with Crippen molar-refractivity contribution in [2.24, 2.45) is 0 Å². The van der Waals surface area contributed by atoms with Crippen LogP contribution in [0, 0.1) is 0 Å². The molecule has 0 aliphatic heterocycles. The Labute approximate surface area is 139 Å². The molecule has 0 saturated heterocycles. The Hall–Kier alpha value is -2.34. The zero-order valence-corrected chi connectivity index (χ0v) is 14.1. The molecule has 0 N–H and O–H groups in total. The summed E-state index contributed by atoms with van der Waals surface area (Å²) in [6.07, 6.45) is 14.1. The molecule has 0 nitrogen and oxygen atoms in total. The predicted octanol–water partition coefficient (Wildman–Crippen LogP) is 6.72. The highest BCUT2D eigenvalue weighted by atomic mass is 14.2. The first kappa shape index (κ1) is 15.6. The SMILES string of the molecule is C=C1CC=Cc2ccc3c(C(/C=C\C)=C/C)cccc3c2CC1. The average Bonchev–Trinajstić information content (AvgIpc) is 2.55. The van der Waals surface area contributed by atoms with Gasteiger partial charge in [0.1, 0.15) is 0 Å². The van der Waals surface area contributed by atoms with Crippen LogP contribution in [0.2, 0.25) is 0 Å². The first-order valence-electron chi connectivity index (χ1n) is 8.41. The standard InChI is InChI=1S/C23H24/c1-4-8-18(5-2)20-11-7-12-22-21-15-13-17(3)9-6-10-19(21)14-16-23(20)22/h4-8,10-12,14,16H,3,9,13,15H2,1-2H3/b8-4-,10-6?,18-5+. The Balaban J connectivity index is 2.24. The maximum Gasteiger partial charge on any atom is -0.0102 e. The van der Waals surface area contributed by atoms with Gasteiger partial charge in [-0.15, -0.1) is 0 Å². The van der Waals surface area contributed by atoms with E-state index in [1.807, 2.05) is 0 Å². The monoisotopic (exact) mass is 300 g/mol. The summed E-state index contributed by atoms with van der Waals surface area (Å²) in [7, 11) is 0. The summed E-state index contributed by atoms with van der Waals surface area (Å²) in [5, 5.41) is 2.72. The largest absolute Gasteiger partial charge is 0.0995 e.